The van der Waals surface area contributed by atoms with Gasteiger partial charge in [-0.1, -0.05) is 84.9 Å². The Bertz CT molecular complexity index is 1560. The zero-order chi connectivity index (χ0) is 23.1. The zero-order valence-electron chi connectivity index (χ0n) is 18.4. The summed E-state index contributed by atoms with van der Waals surface area (Å²) in [5.74, 6) is -0.176. The van der Waals surface area contributed by atoms with E-state index in [4.69, 9.17) is 0 Å². The van der Waals surface area contributed by atoms with E-state index in [1.165, 1.54) is 5.56 Å². The molecule has 0 N–H and O–H groups in total. The summed E-state index contributed by atoms with van der Waals surface area (Å²) >= 11 is 0. The molecule has 1 aliphatic heterocycles. The molecule has 1 aromatic heterocycles. The van der Waals surface area contributed by atoms with Crippen LogP contribution in [0.3, 0.4) is 0 Å². The highest BCUT2D eigenvalue weighted by molar-refractivity contribution is 6.12. The van der Waals surface area contributed by atoms with Crippen molar-refractivity contribution in [2.24, 2.45) is 0 Å². The maximum absolute atomic E-state index is 13.7. The lowest BCUT2D eigenvalue weighted by atomic mass is 9.91. The van der Waals surface area contributed by atoms with Gasteiger partial charge in [0.15, 0.2) is 6.04 Å². The van der Waals surface area contributed by atoms with Crippen molar-refractivity contribution in [1.82, 2.24) is 4.57 Å². The van der Waals surface area contributed by atoms with Gasteiger partial charge in [-0.05, 0) is 29.8 Å². The molecule has 0 aliphatic carbocycles. The fraction of sp³-hybridized carbons (Fsp3) is 0.0667. The molecule has 162 valence electrons. The Morgan fingerprint density at radius 2 is 1.44 bits per heavy atom. The number of nitriles is 1. The predicted molar refractivity (Wildman–Crippen MR) is 135 cm³/mol. The van der Waals surface area contributed by atoms with Gasteiger partial charge in [-0.3, -0.25) is 9.69 Å². The Hall–Kier alpha value is -4.62. The largest absolute Gasteiger partial charge is 0.336 e. The number of fused-ring (bicyclic) bond motifs is 5. The third-order valence-corrected chi connectivity index (χ3v) is 6.51. The van der Waals surface area contributed by atoms with Gasteiger partial charge in [-0.25, -0.2) is 0 Å². The summed E-state index contributed by atoms with van der Waals surface area (Å²) in [5, 5.41) is 11.4. The Morgan fingerprint density at radius 1 is 0.794 bits per heavy atom. The molecular weight excluding hydrogens is 418 g/mol. The summed E-state index contributed by atoms with van der Waals surface area (Å²) in [5.41, 5.74) is 6.41. The standard InChI is InChI=1S/C30H21N3O/c31-19-27-28-23-15-7-9-17-25(23)32(20-21-11-3-1-4-12-21)29(28)24-16-8-10-18-26(24)33(27)30(34)22-13-5-2-6-14-22/h1-18,27H,20H2. The number of aromatic nitrogens is 1. The number of anilines is 1. The summed E-state index contributed by atoms with van der Waals surface area (Å²) < 4.78 is 2.29. The van der Waals surface area contributed by atoms with E-state index in [0.717, 1.165) is 33.4 Å². The average molecular weight is 440 g/mol. The molecule has 34 heavy (non-hydrogen) atoms. The second-order valence-electron chi connectivity index (χ2n) is 8.44. The molecule has 2 heterocycles. The Balaban J connectivity index is 1.64. The van der Waals surface area contributed by atoms with Crippen molar-refractivity contribution in [2.45, 2.75) is 12.6 Å². The van der Waals surface area contributed by atoms with Gasteiger partial charge in [0.05, 0.1) is 17.5 Å². The minimum atomic E-state index is -0.737. The molecule has 0 saturated carbocycles. The number of amides is 1. The molecule has 0 spiro atoms. The number of hydrogen-bond donors (Lipinski definition) is 0. The van der Waals surface area contributed by atoms with E-state index < -0.39 is 6.04 Å². The minimum absolute atomic E-state index is 0.176. The van der Waals surface area contributed by atoms with Crippen LogP contribution in [-0.4, -0.2) is 10.5 Å². The van der Waals surface area contributed by atoms with Crippen molar-refractivity contribution in [3.8, 4) is 17.3 Å². The van der Waals surface area contributed by atoms with Gasteiger partial charge in [0, 0.05) is 34.1 Å². The molecular formula is C30H21N3O. The molecule has 0 radical (unpaired) electrons. The van der Waals surface area contributed by atoms with Crippen molar-refractivity contribution in [1.29, 1.82) is 5.26 Å². The van der Waals surface area contributed by atoms with Gasteiger partial charge in [-0.2, -0.15) is 5.26 Å². The van der Waals surface area contributed by atoms with Crippen LogP contribution in [0.2, 0.25) is 0 Å². The van der Waals surface area contributed by atoms with Crippen molar-refractivity contribution in [2.75, 3.05) is 4.90 Å². The monoisotopic (exact) mass is 439 g/mol. The van der Waals surface area contributed by atoms with Crippen LogP contribution in [0.25, 0.3) is 22.2 Å². The number of hydrogen-bond acceptors (Lipinski definition) is 2. The molecule has 0 bridgehead atoms. The second kappa shape index (κ2) is 8.06. The van der Waals surface area contributed by atoms with Crippen LogP contribution in [0.15, 0.2) is 109 Å². The number of carbonyl (C=O) groups is 1. The smallest absolute Gasteiger partial charge is 0.259 e. The average Bonchev–Trinajstić information content (AvgIpc) is 3.23. The molecule has 6 rings (SSSR count). The van der Waals surface area contributed by atoms with E-state index in [9.17, 15) is 10.1 Å². The van der Waals surface area contributed by atoms with Gasteiger partial charge < -0.3 is 4.57 Å². The Morgan fingerprint density at radius 3 is 2.21 bits per heavy atom. The summed E-state index contributed by atoms with van der Waals surface area (Å²) in [7, 11) is 0. The van der Waals surface area contributed by atoms with Crippen molar-refractivity contribution in [3.63, 3.8) is 0 Å². The van der Waals surface area contributed by atoms with Crippen LogP contribution in [0.1, 0.15) is 27.5 Å². The van der Waals surface area contributed by atoms with Gasteiger partial charge in [0.1, 0.15) is 0 Å². The summed E-state index contributed by atoms with van der Waals surface area (Å²) in [6, 6.07) is 37.3. The van der Waals surface area contributed by atoms with Crippen molar-refractivity contribution < 1.29 is 4.79 Å². The van der Waals surface area contributed by atoms with Crippen LogP contribution in [-0.2, 0) is 6.54 Å². The first-order valence-electron chi connectivity index (χ1n) is 11.3. The van der Waals surface area contributed by atoms with Crippen LogP contribution in [0.4, 0.5) is 5.69 Å². The lowest BCUT2D eigenvalue weighted by Crippen LogP contribution is -2.37. The molecule has 1 unspecified atom stereocenters. The van der Waals surface area contributed by atoms with Crippen LogP contribution < -0.4 is 4.90 Å². The highest BCUT2D eigenvalue weighted by Crippen LogP contribution is 2.49. The summed E-state index contributed by atoms with van der Waals surface area (Å²) in [6.45, 7) is 0.676. The van der Waals surface area contributed by atoms with E-state index in [-0.39, 0.29) is 5.91 Å². The first-order chi connectivity index (χ1) is 16.8. The normalized spacial score (nSPS) is 14.3. The molecule has 0 saturated heterocycles. The van der Waals surface area contributed by atoms with Crippen LogP contribution >= 0.6 is 0 Å². The van der Waals surface area contributed by atoms with E-state index in [1.54, 1.807) is 17.0 Å². The molecule has 1 aliphatic rings. The number of para-hydroxylation sites is 2. The van der Waals surface area contributed by atoms with Crippen LogP contribution in [0, 0.1) is 11.3 Å². The van der Waals surface area contributed by atoms with Gasteiger partial charge in [-0.15, -0.1) is 0 Å². The van der Waals surface area contributed by atoms with E-state index in [2.05, 4.69) is 34.9 Å². The first-order valence-corrected chi connectivity index (χ1v) is 11.3. The number of rotatable bonds is 3. The van der Waals surface area contributed by atoms with Gasteiger partial charge in [0.2, 0.25) is 0 Å². The zero-order valence-corrected chi connectivity index (χ0v) is 18.4. The highest BCUT2D eigenvalue weighted by atomic mass is 16.2. The Kier molecular flexibility index (Phi) is 4.75. The lowest BCUT2D eigenvalue weighted by Gasteiger charge is -2.34. The molecule has 1 amide bonds. The minimum Gasteiger partial charge on any atom is -0.336 e. The second-order valence-corrected chi connectivity index (χ2v) is 8.44. The van der Waals surface area contributed by atoms with Crippen LogP contribution in [0.5, 0.6) is 0 Å². The molecule has 1 atom stereocenters. The molecule has 4 nitrogen and oxygen atoms in total. The lowest BCUT2D eigenvalue weighted by molar-refractivity contribution is 0.0981. The quantitative estimate of drug-likeness (QED) is 0.319. The molecule has 4 aromatic carbocycles. The van der Waals surface area contributed by atoms with Crippen molar-refractivity contribution in [3.05, 3.63) is 126 Å². The maximum Gasteiger partial charge on any atom is 0.259 e. The van der Waals surface area contributed by atoms with Crippen molar-refractivity contribution >= 4 is 22.5 Å². The molecule has 4 heteroatoms. The topological polar surface area (TPSA) is 49.0 Å². The third kappa shape index (κ3) is 3.02. The van der Waals surface area contributed by atoms with Gasteiger partial charge in [0.25, 0.3) is 5.91 Å². The van der Waals surface area contributed by atoms with E-state index >= 15 is 0 Å². The van der Waals surface area contributed by atoms with E-state index in [0.29, 0.717) is 12.1 Å². The fourth-order valence-electron chi connectivity index (χ4n) is 5.05. The number of benzene rings is 4. The first kappa shape index (κ1) is 20.0. The van der Waals surface area contributed by atoms with Gasteiger partial charge >= 0.3 is 0 Å². The fourth-order valence-corrected chi connectivity index (χ4v) is 5.05. The number of carbonyl (C=O) groups excluding carboxylic acids is 1. The molecule has 0 fully saturated rings. The van der Waals surface area contributed by atoms with E-state index in [1.807, 2.05) is 72.8 Å². The predicted octanol–water partition coefficient (Wildman–Crippen LogP) is 6.58. The summed E-state index contributed by atoms with van der Waals surface area (Å²) in [4.78, 5) is 15.4. The Labute approximate surface area is 197 Å². The molecule has 5 aromatic rings. The third-order valence-electron chi connectivity index (χ3n) is 6.51. The highest BCUT2D eigenvalue weighted by Gasteiger charge is 2.39. The SMILES string of the molecule is N#CC1c2c(n(Cc3ccccc3)c3ccccc23)-c2ccccc2N1C(=O)c1ccccc1. The maximum atomic E-state index is 13.7. The summed E-state index contributed by atoms with van der Waals surface area (Å²) in [6.07, 6.45) is 0. The number of nitrogens with zero attached hydrogens (tertiary/aromatic N) is 3.